The highest BCUT2D eigenvalue weighted by Crippen LogP contribution is 2.25. The summed E-state index contributed by atoms with van der Waals surface area (Å²) in [5.74, 6) is 0.907. The van der Waals surface area contributed by atoms with Crippen LogP contribution in [0.2, 0.25) is 0 Å². The van der Waals surface area contributed by atoms with Crippen molar-refractivity contribution in [2.24, 2.45) is 0 Å². The third-order valence-corrected chi connectivity index (χ3v) is 2.82. The maximum atomic E-state index is 8.88. The van der Waals surface area contributed by atoms with Gasteiger partial charge in [-0.3, -0.25) is 0 Å². The average Bonchev–Trinajstić information content (AvgIpc) is 2.35. The van der Waals surface area contributed by atoms with Crippen LogP contribution in [0.3, 0.4) is 0 Å². The highest BCUT2D eigenvalue weighted by Gasteiger charge is 2.10. The summed E-state index contributed by atoms with van der Waals surface area (Å²) < 4.78 is 5.27. The van der Waals surface area contributed by atoms with Crippen molar-refractivity contribution in [2.75, 3.05) is 19.1 Å². The lowest BCUT2D eigenvalue weighted by Gasteiger charge is -2.22. The van der Waals surface area contributed by atoms with Gasteiger partial charge in [-0.2, -0.15) is 5.26 Å². The Morgan fingerprint density at radius 3 is 2.69 bits per heavy atom. The average molecular weight is 218 g/mol. The van der Waals surface area contributed by atoms with E-state index in [1.54, 1.807) is 7.11 Å². The molecule has 1 rings (SSSR count). The van der Waals surface area contributed by atoms with Crippen LogP contribution in [0.5, 0.6) is 5.75 Å². The number of aryl methyl sites for hydroxylation is 1. The molecule has 86 valence electrons. The number of anilines is 1. The van der Waals surface area contributed by atoms with Crippen LogP contribution in [0.4, 0.5) is 5.69 Å². The number of benzene rings is 1. The van der Waals surface area contributed by atoms with E-state index in [-0.39, 0.29) is 6.04 Å². The molecule has 0 fully saturated rings. The molecule has 0 saturated heterocycles. The van der Waals surface area contributed by atoms with Crippen LogP contribution in [0, 0.1) is 11.3 Å². The van der Waals surface area contributed by atoms with Crippen molar-refractivity contribution < 1.29 is 4.74 Å². The molecule has 0 aliphatic heterocycles. The molecule has 1 aromatic carbocycles. The first kappa shape index (κ1) is 12.4. The molecule has 1 atom stereocenters. The molecule has 0 spiro atoms. The minimum absolute atomic E-state index is 0.127. The van der Waals surface area contributed by atoms with Gasteiger partial charge in [0.25, 0.3) is 0 Å². The van der Waals surface area contributed by atoms with Crippen molar-refractivity contribution in [3.63, 3.8) is 0 Å². The second kappa shape index (κ2) is 5.41. The van der Waals surface area contributed by atoms with Gasteiger partial charge in [0, 0.05) is 12.7 Å². The van der Waals surface area contributed by atoms with E-state index in [1.165, 1.54) is 0 Å². The highest BCUT2D eigenvalue weighted by molar-refractivity contribution is 5.54. The van der Waals surface area contributed by atoms with Crippen molar-refractivity contribution in [3.8, 4) is 11.8 Å². The van der Waals surface area contributed by atoms with Gasteiger partial charge in [0.2, 0.25) is 0 Å². The smallest absolute Gasteiger partial charge is 0.122 e. The van der Waals surface area contributed by atoms with E-state index in [2.05, 4.69) is 19.1 Å². The van der Waals surface area contributed by atoms with Gasteiger partial charge >= 0.3 is 0 Å². The zero-order valence-electron chi connectivity index (χ0n) is 10.3. The first-order valence-corrected chi connectivity index (χ1v) is 5.43. The Kier molecular flexibility index (Phi) is 4.19. The lowest BCUT2D eigenvalue weighted by Crippen LogP contribution is -2.27. The Bertz CT molecular complexity index is 395. The largest absolute Gasteiger partial charge is 0.496 e. The second-order valence-electron chi connectivity index (χ2n) is 3.77. The molecule has 1 unspecified atom stereocenters. The van der Waals surface area contributed by atoms with Crippen LogP contribution < -0.4 is 9.64 Å². The molecule has 0 aromatic heterocycles. The van der Waals surface area contributed by atoms with Crippen molar-refractivity contribution in [2.45, 2.75) is 26.3 Å². The number of nitriles is 1. The lowest BCUT2D eigenvalue weighted by atomic mass is 10.1. The van der Waals surface area contributed by atoms with Gasteiger partial charge in [-0.05, 0) is 37.1 Å². The van der Waals surface area contributed by atoms with Gasteiger partial charge in [-0.15, -0.1) is 0 Å². The molecule has 0 radical (unpaired) electrons. The standard InChI is InChI=1S/C13H18N2O/c1-5-11-8-12(6-7-13(11)16-4)15(3)10(2)9-14/h6-8,10H,5H2,1-4H3. The van der Waals surface area contributed by atoms with Gasteiger partial charge in [-0.1, -0.05) is 6.92 Å². The quantitative estimate of drug-likeness (QED) is 0.779. The maximum absolute atomic E-state index is 8.88. The van der Waals surface area contributed by atoms with E-state index in [0.717, 1.165) is 23.4 Å². The Morgan fingerprint density at radius 2 is 2.19 bits per heavy atom. The summed E-state index contributed by atoms with van der Waals surface area (Å²) in [4.78, 5) is 1.96. The second-order valence-corrected chi connectivity index (χ2v) is 3.77. The van der Waals surface area contributed by atoms with Crippen molar-refractivity contribution in [1.29, 1.82) is 5.26 Å². The van der Waals surface area contributed by atoms with E-state index in [4.69, 9.17) is 10.00 Å². The summed E-state index contributed by atoms with van der Waals surface area (Å²) in [5, 5.41) is 8.88. The molecule has 3 heteroatoms. The van der Waals surface area contributed by atoms with Crippen molar-refractivity contribution in [3.05, 3.63) is 23.8 Å². The Morgan fingerprint density at radius 1 is 1.50 bits per heavy atom. The molecule has 0 amide bonds. The summed E-state index contributed by atoms with van der Waals surface area (Å²) >= 11 is 0. The number of nitrogens with zero attached hydrogens (tertiary/aromatic N) is 2. The van der Waals surface area contributed by atoms with E-state index < -0.39 is 0 Å². The zero-order valence-corrected chi connectivity index (χ0v) is 10.3. The zero-order chi connectivity index (χ0) is 12.1. The third kappa shape index (κ3) is 2.46. The van der Waals surface area contributed by atoms with Crippen LogP contribution in [-0.4, -0.2) is 20.2 Å². The van der Waals surface area contributed by atoms with Crippen LogP contribution >= 0.6 is 0 Å². The molecular formula is C13H18N2O. The fourth-order valence-corrected chi connectivity index (χ4v) is 1.57. The minimum Gasteiger partial charge on any atom is -0.496 e. The number of hydrogen-bond acceptors (Lipinski definition) is 3. The molecule has 3 nitrogen and oxygen atoms in total. The molecule has 0 saturated carbocycles. The van der Waals surface area contributed by atoms with E-state index in [0.29, 0.717) is 0 Å². The van der Waals surface area contributed by atoms with E-state index >= 15 is 0 Å². The molecular weight excluding hydrogens is 200 g/mol. The summed E-state index contributed by atoms with van der Waals surface area (Å²) in [7, 11) is 3.60. The van der Waals surface area contributed by atoms with Crippen molar-refractivity contribution in [1.82, 2.24) is 0 Å². The van der Waals surface area contributed by atoms with Gasteiger partial charge in [-0.25, -0.2) is 0 Å². The first-order chi connectivity index (χ1) is 7.63. The van der Waals surface area contributed by atoms with Gasteiger partial charge in [0.15, 0.2) is 0 Å². The van der Waals surface area contributed by atoms with Gasteiger partial charge in [0.1, 0.15) is 11.8 Å². The number of ether oxygens (including phenoxy) is 1. The third-order valence-electron chi connectivity index (χ3n) is 2.82. The fourth-order valence-electron chi connectivity index (χ4n) is 1.57. The van der Waals surface area contributed by atoms with Crippen LogP contribution in [-0.2, 0) is 6.42 Å². The minimum atomic E-state index is -0.127. The van der Waals surface area contributed by atoms with Gasteiger partial charge in [0.05, 0.1) is 13.2 Å². The fraction of sp³-hybridized carbons (Fsp3) is 0.462. The predicted octanol–water partition coefficient (Wildman–Crippen LogP) is 2.61. The SMILES string of the molecule is CCc1cc(N(C)C(C)C#N)ccc1OC. The first-order valence-electron chi connectivity index (χ1n) is 5.43. The predicted molar refractivity (Wildman–Crippen MR) is 65.9 cm³/mol. The molecule has 0 aliphatic rings. The Labute approximate surface area is 97.3 Å². The molecule has 0 aliphatic carbocycles. The maximum Gasteiger partial charge on any atom is 0.122 e. The molecule has 0 bridgehead atoms. The van der Waals surface area contributed by atoms with Crippen LogP contribution in [0.15, 0.2) is 18.2 Å². The number of methoxy groups -OCH3 is 1. The Hall–Kier alpha value is -1.69. The summed E-state index contributed by atoms with van der Waals surface area (Å²) in [6, 6.07) is 8.10. The van der Waals surface area contributed by atoms with Gasteiger partial charge < -0.3 is 9.64 Å². The van der Waals surface area contributed by atoms with Crippen LogP contribution in [0.25, 0.3) is 0 Å². The summed E-state index contributed by atoms with van der Waals surface area (Å²) in [6.45, 7) is 3.98. The normalized spacial score (nSPS) is 11.7. The summed E-state index contributed by atoms with van der Waals surface area (Å²) in [6.07, 6.45) is 0.922. The monoisotopic (exact) mass is 218 g/mol. The van der Waals surface area contributed by atoms with E-state index in [1.807, 2.05) is 31.0 Å². The molecule has 0 heterocycles. The van der Waals surface area contributed by atoms with Crippen LogP contribution in [0.1, 0.15) is 19.4 Å². The highest BCUT2D eigenvalue weighted by atomic mass is 16.5. The molecule has 1 aromatic rings. The molecule has 0 N–H and O–H groups in total. The molecule has 16 heavy (non-hydrogen) atoms. The topological polar surface area (TPSA) is 36.3 Å². The van der Waals surface area contributed by atoms with E-state index in [9.17, 15) is 0 Å². The van der Waals surface area contributed by atoms with Crippen molar-refractivity contribution >= 4 is 5.69 Å². The number of rotatable bonds is 4. The number of hydrogen-bond donors (Lipinski definition) is 0. The Balaban J connectivity index is 3.04. The lowest BCUT2D eigenvalue weighted by molar-refractivity contribution is 0.410. The summed E-state index contributed by atoms with van der Waals surface area (Å²) in [5.41, 5.74) is 2.21.